The molecule has 36 heavy (non-hydrogen) atoms. The monoisotopic (exact) mass is 488 g/mol. The first kappa shape index (κ1) is 23.1. The van der Waals surface area contributed by atoms with Crippen molar-refractivity contribution in [2.24, 2.45) is 0 Å². The van der Waals surface area contributed by atoms with E-state index in [9.17, 15) is 4.79 Å². The van der Waals surface area contributed by atoms with Crippen LogP contribution in [0.4, 0.5) is 17.2 Å². The van der Waals surface area contributed by atoms with E-state index in [1.807, 2.05) is 18.0 Å². The van der Waals surface area contributed by atoms with Gasteiger partial charge in [0, 0.05) is 68.8 Å². The van der Waals surface area contributed by atoms with Gasteiger partial charge in [-0.2, -0.15) is 0 Å². The minimum absolute atomic E-state index is 0.0696. The van der Waals surface area contributed by atoms with E-state index in [1.165, 1.54) is 0 Å². The Kier molecular flexibility index (Phi) is 5.94. The van der Waals surface area contributed by atoms with Crippen LogP contribution in [-0.4, -0.2) is 84.2 Å². The second-order valence-corrected chi connectivity index (χ2v) is 9.98. The van der Waals surface area contributed by atoms with Crippen LogP contribution in [0.25, 0.3) is 0 Å². The molecule has 4 aliphatic heterocycles. The first-order valence-corrected chi connectivity index (χ1v) is 12.7. The number of nitrogens with one attached hydrogen (secondary N) is 1. The first-order valence-electron chi connectivity index (χ1n) is 12.7. The molecule has 9 nitrogen and oxygen atoms in total. The largest absolute Gasteiger partial charge is 0.482 e. The van der Waals surface area contributed by atoms with Gasteiger partial charge in [-0.3, -0.25) is 14.7 Å². The third-order valence-electron chi connectivity index (χ3n) is 7.66. The van der Waals surface area contributed by atoms with Gasteiger partial charge >= 0.3 is 0 Å². The van der Waals surface area contributed by atoms with Crippen molar-refractivity contribution in [2.75, 3.05) is 62.7 Å². The number of amides is 1. The lowest BCUT2D eigenvalue weighted by Gasteiger charge is -2.51. The molecule has 0 unspecified atom stereocenters. The number of hydrogen-bond donors (Lipinski definition) is 1. The number of hydrogen-bond acceptors (Lipinski definition) is 8. The molecular weight excluding hydrogens is 456 g/mol. The van der Waals surface area contributed by atoms with Crippen LogP contribution < -0.4 is 15.0 Å². The van der Waals surface area contributed by atoms with Gasteiger partial charge in [0.25, 0.3) is 5.91 Å². The van der Waals surface area contributed by atoms with E-state index >= 15 is 0 Å². The summed E-state index contributed by atoms with van der Waals surface area (Å²) < 4.78 is 12.0. The van der Waals surface area contributed by atoms with Gasteiger partial charge in [0.05, 0.1) is 30.2 Å². The van der Waals surface area contributed by atoms with Crippen molar-refractivity contribution in [3.05, 3.63) is 35.3 Å². The fourth-order valence-electron chi connectivity index (χ4n) is 5.58. The van der Waals surface area contributed by atoms with Gasteiger partial charge in [0.15, 0.2) is 5.75 Å². The highest BCUT2D eigenvalue weighted by Gasteiger charge is 2.41. The van der Waals surface area contributed by atoms with E-state index in [-0.39, 0.29) is 12.0 Å². The minimum Gasteiger partial charge on any atom is -0.482 e. The summed E-state index contributed by atoms with van der Waals surface area (Å²) in [6.07, 6.45) is 1.71. The van der Waals surface area contributed by atoms with Gasteiger partial charge in [-0.25, -0.2) is 4.98 Å². The Morgan fingerprint density at radius 3 is 2.72 bits per heavy atom. The second kappa shape index (κ2) is 9.26. The predicted octanol–water partition coefficient (Wildman–Crippen LogP) is 2.45. The van der Waals surface area contributed by atoms with Crippen LogP contribution in [0.5, 0.6) is 5.75 Å². The molecule has 6 rings (SSSR count). The predicted molar refractivity (Wildman–Crippen MR) is 137 cm³/mol. The maximum Gasteiger partial charge on any atom is 0.298 e. The van der Waals surface area contributed by atoms with E-state index in [4.69, 9.17) is 19.4 Å². The third kappa shape index (κ3) is 4.04. The molecule has 6 heterocycles. The van der Waals surface area contributed by atoms with Crippen molar-refractivity contribution in [1.29, 1.82) is 0 Å². The lowest BCUT2D eigenvalue weighted by atomic mass is 9.91. The first-order chi connectivity index (χ1) is 17.5. The Balaban J connectivity index is 1.19. The fraction of sp³-hybridized carbons (Fsp3) is 0.519. The zero-order valence-corrected chi connectivity index (χ0v) is 21.1. The van der Waals surface area contributed by atoms with Crippen LogP contribution in [0.3, 0.4) is 0 Å². The summed E-state index contributed by atoms with van der Waals surface area (Å²) in [5.74, 6) is 7.24. The molecule has 9 heteroatoms. The van der Waals surface area contributed by atoms with Crippen molar-refractivity contribution < 1.29 is 14.3 Å². The highest BCUT2D eigenvalue weighted by atomic mass is 16.5. The van der Waals surface area contributed by atoms with Crippen LogP contribution in [0.1, 0.15) is 42.8 Å². The number of aromatic nitrogens is 2. The SMILES string of the molecule is CC#CC(=O)N1CC(N2CC(c3cc4c(c(C)n3)O[C@H](C)c3c(N5CCOCC5)ccnc3N4)C2)C1. The summed E-state index contributed by atoms with van der Waals surface area (Å²) in [6.45, 7) is 12.4. The number of rotatable bonds is 3. The summed E-state index contributed by atoms with van der Waals surface area (Å²) in [6, 6.07) is 4.62. The van der Waals surface area contributed by atoms with E-state index in [2.05, 4.69) is 46.0 Å². The molecule has 4 aliphatic rings. The van der Waals surface area contributed by atoms with Crippen molar-refractivity contribution in [3.63, 3.8) is 0 Å². The van der Waals surface area contributed by atoms with Gasteiger partial charge < -0.3 is 24.6 Å². The molecule has 3 fully saturated rings. The van der Waals surface area contributed by atoms with Crippen LogP contribution in [-0.2, 0) is 9.53 Å². The van der Waals surface area contributed by atoms with E-state index < -0.39 is 0 Å². The van der Waals surface area contributed by atoms with Crippen LogP contribution >= 0.6 is 0 Å². The number of likely N-dealkylation sites (tertiary alicyclic amines) is 2. The number of carbonyl (C=O) groups excluding carboxylic acids is 1. The highest BCUT2D eigenvalue weighted by Crippen LogP contribution is 2.44. The molecule has 1 amide bonds. The van der Waals surface area contributed by atoms with Gasteiger partial charge in [-0.1, -0.05) is 5.92 Å². The minimum atomic E-state index is -0.160. The van der Waals surface area contributed by atoms with Crippen LogP contribution in [0, 0.1) is 18.8 Å². The molecule has 188 valence electrons. The summed E-state index contributed by atoms with van der Waals surface area (Å²) in [4.78, 5) is 28.1. The lowest BCUT2D eigenvalue weighted by molar-refractivity contribution is -0.133. The zero-order chi connectivity index (χ0) is 24.8. The molecule has 0 aliphatic carbocycles. The molecule has 3 saturated heterocycles. The Morgan fingerprint density at radius 1 is 1.19 bits per heavy atom. The standard InChI is InChI=1S/C27H32N6O3/c1-4-5-24(34)33-15-20(16-33)32-13-19(14-32)21-12-22-26(17(2)29-21)36-18(3)25-23(6-7-28-27(25)30-22)31-8-10-35-11-9-31/h6-7,12,18-20H,8-11,13-16H2,1-3H3,(H,28,30)/t18-/m1/s1. The van der Waals surface area contributed by atoms with Gasteiger partial charge in [-0.05, 0) is 38.8 Å². The molecule has 2 aromatic heterocycles. The molecule has 0 spiro atoms. The van der Waals surface area contributed by atoms with Crippen molar-refractivity contribution in [1.82, 2.24) is 19.8 Å². The smallest absolute Gasteiger partial charge is 0.298 e. The highest BCUT2D eigenvalue weighted by molar-refractivity contribution is 5.94. The summed E-state index contributed by atoms with van der Waals surface area (Å²) in [5.41, 5.74) is 5.10. The van der Waals surface area contributed by atoms with Crippen molar-refractivity contribution in [2.45, 2.75) is 38.8 Å². The summed E-state index contributed by atoms with van der Waals surface area (Å²) in [5, 5.41) is 3.58. The number of nitrogens with zero attached hydrogens (tertiary/aromatic N) is 5. The zero-order valence-electron chi connectivity index (χ0n) is 21.1. The van der Waals surface area contributed by atoms with Crippen molar-refractivity contribution >= 4 is 23.1 Å². The van der Waals surface area contributed by atoms with E-state index in [0.29, 0.717) is 12.0 Å². The fourth-order valence-corrected chi connectivity index (χ4v) is 5.58. The Labute approximate surface area is 211 Å². The normalized spacial score (nSPS) is 22.0. The molecule has 0 aromatic carbocycles. The Bertz CT molecular complexity index is 1240. The number of anilines is 3. The molecule has 0 saturated carbocycles. The maximum atomic E-state index is 11.9. The summed E-state index contributed by atoms with van der Waals surface area (Å²) in [7, 11) is 0. The molecule has 2 aromatic rings. The third-order valence-corrected chi connectivity index (χ3v) is 7.66. The molecule has 0 bridgehead atoms. The number of ether oxygens (including phenoxy) is 2. The van der Waals surface area contributed by atoms with Crippen molar-refractivity contribution in [3.8, 4) is 17.6 Å². The second-order valence-electron chi connectivity index (χ2n) is 9.98. The van der Waals surface area contributed by atoms with Gasteiger partial charge in [0.1, 0.15) is 11.9 Å². The molecule has 1 atom stereocenters. The number of morpholine rings is 1. The van der Waals surface area contributed by atoms with Gasteiger partial charge in [0.2, 0.25) is 0 Å². The van der Waals surface area contributed by atoms with Crippen LogP contribution in [0.15, 0.2) is 18.3 Å². The topological polar surface area (TPSA) is 83.1 Å². The van der Waals surface area contributed by atoms with Crippen LogP contribution in [0.2, 0.25) is 0 Å². The maximum absolute atomic E-state index is 11.9. The van der Waals surface area contributed by atoms with E-state index in [0.717, 1.165) is 92.4 Å². The van der Waals surface area contributed by atoms with Gasteiger partial charge in [-0.15, -0.1) is 0 Å². The Morgan fingerprint density at radius 2 is 1.97 bits per heavy atom. The number of carbonyl (C=O) groups is 1. The average Bonchev–Trinajstić information content (AvgIpc) is 2.96. The molecular formula is C27H32N6O3. The summed E-state index contributed by atoms with van der Waals surface area (Å²) >= 11 is 0. The molecule has 0 radical (unpaired) electrons. The average molecular weight is 489 g/mol. The lowest BCUT2D eigenvalue weighted by Crippen LogP contribution is -2.65. The quantitative estimate of drug-likeness (QED) is 0.660. The number of fused-ring (bicyclic) bond motifs is 2. The van der Waals surface area contributed by atoms with E-state index in [1.54, 1.807) is 6.92 Å². The molecule has 1 N–H and O–H groups in total. The number of pyridine rings is 2. The Hall–Kier alpha value is -3.35. The number of aryl methyl sites for hydroxylation is 1.